The van der Waals surface area contributed by atoms with Crippen LogP contribution in [0.3, 0.4) is 0 Å². The minimum absolute atomic E-state index is 0.0387. The average Bonchev–Trinajstić information content (AvgIpc) is 3.27. The molecule has 1 unspecified atom stereocenters. The number of amides is 1. The van der Waals surface area contributed by atoms with E-state index in [0.717, 1.165) is 70.4 Å². The Balaban J connectivity index is 1.48. The molecular formula is C22H40N4O3. The summed E-state index contributed by atoms with van der Waals surface area (Å²) in [6.07, 6.45) is 11.5. The molecule has 0 aromatic carbocycles. The van der Waals surface area contributed by atoms with Gasteiger partial charge in [0, 0.05) is 40.3 Å². The van der Waals surface area contributed by atoms with Gasteiger partial charge in [-0.15, -0.1) is 0 Å². The number of hydrogen-bond donors (Lipinski definition) is 1. The van der Waals surface area contributed by atoms with Gasteiger partial charge in [-0.25, -0.2) is 4.99 Å². The van der Waals surface area contributed by atoms with Gasteiger partial charge in [0.05, 0.1) is 18.8 Å². The Bertz CT molecular complexity index is 520. The van der Waals surface area contributed by atoms with Crippen LogP contribution in [-0.4, -0.2) is 87.4 Å². The Kier molecular flexibility index (Phi) is 9.05. The van der Waals surface area contributed by atoms with Crippen LogP contribution in [0.25, 0.3) is 0 Å². The first-order chi connectivity index (χ1) is 14.1. The van der Waals surface area contributed by atoms with Crippen LogP contribution in [0.1, 0.15) is 57.8 Å². The molecule has 0 bridgehead atoms. The maximum Gasteiger partial charge on any atom is 0.243 e. The molecule has 7 nitrogen and oxygen atoms in total. The van der Waals surface area contributed by atoms with Gasteiger partial charge < -0.3 is 24.6 Å². The number of carbonyl (C=O) groups excluding carboxylic acids is 1. The minimum atomic E-state index is 0.0387. The first-order valence-corrected chi connectivity index (χ1v) is 11.6. The van der Waals surface area contributed by atoms with Crippen molar-refractivity contribution < 1.29 is 14.3 Å². The van der Waals surface area contributed by atoms with E-state index in [9.17, 15) is 4.79 Å². The Hall–Kier alpha value is -1.34. The van der Waals surface area contributed by atoms with Crippen molar-refractivity contribution in [2.24, 2.45) is 10.9 Å². The SMILES string of the molecule is CN(C)C(=O)CN=C(NCC1CCCCC1)N1CCC(OCC2CCCO2)CC1. The summed E-state index contributed by atoms with van der Waals surface area (Å²) in [6.45, 7) is 4.61. The van der Waals surface area contributed by atoms with Crippen LogP contribution < -0.4 is 5.32 Å². The molecule has 2 saturated heterocycles. The molecule has 1 saturated carbocycles. The van der Waals surface area contributed by atoms with Gasteiger partial charge in [0.25, 0.3) is 0 Å². The second kappa shape index (κ2) is 11.7. The molecule has 2 heterocycles. The van der Waals surface area contributed by atoms with Crippen molar-refractivity contribution in [3.63, 3.8) is 0 Å². The molecule has 1 aliphatic carbocycles. The highest BCUT2D eigenvalue weighted by atomic mass is 16.5. The smallest absolute Gasteiger partial charge is 0.243 e. The van der Waals surface area contributed by atoms with Crippen LogP contribution in [0, 0.1) is 5.92 Å². The molecule has 3 fully saturated rings. The van der Waals surface area contributed by atoms with Gasteiger partial charge in [0.1, 0.15) is 6.54 Å². The monoisotopic (exact) mass is 408 g/mol. The molecule has 166 valence electrons. The normalized spacial score (nSPS) is 24.7. The molecule has 1 atom stereocenters. The molecule has 0 aromatic heterocycles. The minimum Gasteiger partial charge on any atom is -0.376 e. The fourth-order valence-electron chi connectivity index (χ4n) is 4.43. The summed E-state index contributed by atoms with van der Waals surface area (Å²) in [7, 11) is 3.56. The highest BCUT2D eigenvalue weighted by Gasteiger charge is 2.25. The number of hydrogen-bond acceptors (Lipinski definition) is 4. The van der Waals surface area contributed by atoms with Crippen LogP contribution in [0.15, 0.2) is 4.99 Å². The van der Waals surface area contributed by atoms with Gasteiger partial charge in [0.15, 0.2) is 5.96 Å². The highest BCUT2D eigenvalue weighted by molar-refractivity contribution is 5.84. The topological polar surface area (TPSA) is 66.4 Å². The summed E-state index contributed by atoms with van der Waals surface area (Å²) in [4.78, 5) is 20.6. The van der Waals surface area contributed by atoms with Gasteiger partial charge in [-0.2, -0.15) is 0 Å². The lowest BCUT2D eigenvalue weighted by Gasteiger charge is -2.35. The number of nitrogens with one attached hydrogen (secondary N) is 1. The summed E-state index contributed by atoms with van der Waals surface area (Å²) in [5.41, 5.74) is 0. The van der Waals surface area contributed by atoms with E-state index < -0.39 is 0 Å². The molecule has 0 radical (unpaired) electrons. The number of guanidine groups is 1. The summed E-state index contributed by atoms with van der Waals surface area (Å²) in [6, 6.07) is 0. The predicted octanol–water partition coefficient (Wildman–Crippen LogP) is 2.26. The van der Waals surface area contributed by atoms with Gasteiger partial charge >= 0.3 is 0 Å². The number of likely N-dealkylation sites (tertiary alicyclic amines) is 1. The van der Waals surface area contributed by atoms with Crippen molar-refractivity contribution in [1.29, 1.82) is 0 Å². The summed E-state index contributed by atoms with van der Waals surface area (Å²) in [5.74, 6) is 1.66. The largest absolute Gasteiger partial charge is 0.376 e. The van der Waals surface area contributed by atoms with E-state index in [-0.39, 0.29) is 12.5 Å². The van der Waals surface area contributed by atoms with E-state index in [1.54, 1.807) is 19.0 Å². The van der Waals surface area contributed by atoms with Crippen molar-refractivity contribution in [3.05, 3.63) is 0 Å². The number of rotatable bonds is 7. The highest BCUT2D eigenvalue weighted by Crippen LogP contribution is 2.23. The molecule has 1 N–H and O–H groups in total. The fraction of sp³-hybridized carbons (Fsp3) is 0.909. The van der Waals surface area contributed by atoms with Crippen molar-refractivity contribution in [1.82, 2.24) is 15.1 Å². The summed E-state index contributed by atoms with van der Waals surface area (Å²) < 4.78 is 11.8. The van der Waals surface area contributed by atoms with Crippen molar-refractivity contribution in [2.45, 2.75) is 70.0 Å². The Labute approximate surface area is 176 Å². The molecule has 0 aromatic rings. The molecule has 7 heteroatoms. The second-order valence-corrected chi connectivity index (χ2v) is 8.97. The average molecular weight is 409 g/mol. The van der Waals surface area contributed by atoms with Crippen molar-refractivity contribution in [3.8, 4) is 0 Å². The third-order valence-corrected chi connectivity index (χ3v) is 6.42. The van der Waals surface area contributed by atoms with Crippen LogP contribution in [0.2, 0.25) is 0 Å². The van der Waals surface area contributed by atoms with Gasteiger partial charge in [0.2, 0.25) is 5.91 Å². The lowest BCUT2D eigenvalue weighted by atomic mass is 9.89. The third-order valence-electron chi connectivity index (χ3n) is 6.42. The number of ether oxygens (including phenoxy) is 2. The van der Waals surface area contributed by atoms with Crippen molar-refractivity contribution >= 4 is 11.9 Å². The summed E-state index contributed by atoms with van der Waals surface area (Å²) >= 11 is 0. The van der Waals surface area contributed by atoms with E-state index >= 15 is 0 Å². The standard InChI is InChI=1S/C22H40N4O3/c1-25(2)21(27)16-24-22(23-15-18-7-4-3-5-8-18)26-12-10-19(11-13-26)29-17-20-9-6-14-28-20/h18-20H,3-17H2,1-2H3,(H,23,24). The number of nitrogens with zero attached hydrogens (tertiary/aromatic N) is 3. The molecule has 3 rings (SSSR count). The predicted molar refractivity (Wildman–Crippen MR) is 115 cm³/mol. The van der Waals surface area contributed by atoms with Gasteiger partial charge in [-0.1, -0.05) is 19.3 Å². The molecule has 29 heavy (non-hydrogen) atoms. The molecular weight excluding hydrogens is 368 g/mol. The zero-order chi connectivity index (χ0) is 20.5. The molecule has 1 amide bonds. The van der Waals surface area contributed by atoms with Crippen LogP contribution in [0.5, 0.6) is 0 Å². The van der Waals surface area contributed by atoms with E-state index in [0.29, 0.717) is 12.2 Å². The maximum absolute atomic E-state index is 12.0. The number of carbonyl (C=O) groups is 1. The number of likely N-dealkylation sites (N-methyl/N-ethyl adjacent to an activating group) is 1. The van der Waals surface area contributed by atoms with E-state index in [2.05, 4.69) is 15.2 Å². The van der Waals surface area contributed by atoms with Crippen molar-refractivity contribution in [2.75, 3.05) is 53.5 Å². The third kappa shape index (κ3) is 7.45. The zero-order valence-corrected chi connectivity index (χ0v) is 18.4. The quantitative estimate of drug-likeness (QED) is 0.517. The van der Waals surface area contributed by atoms with Gasteiger partial charge in [-0.3, -0.25) is 4.79 Å². The second-order valence-electron chi connectivity index (χ2n) is 8.97. The lowest BCUT2D eigenvalue weighted by molar-refractivity contribution is -0.127. The lowest BCUT2D eigenvalue weighted by Crippen LogP contribution is -2.48. The van der Waals surface area contributed by atoms with Crippen LogP contribution in [0.4, 0.5) is 0 Å². The van der Waals surface area contributed by atoms with E-state index in [4.69, 9.17) is 9.47 Å². The Morgan fingerprint density at radius 1 is 1.10 bits per heavy atom. The Morgan fingerprint density at radius 3 is 2.52 bits per heavy atom. The van der Waals surface area contributed by atoms with E-state index in [1.165, 1.54) is 32.1 Å². The van der Waals surface area contributed by atoms with Crippen LogP contribution in [-0.2, 0) is 14.3 Å². The van der Waals surface area contributed by atoms with Gasteiger partial charge in [-0.05, 0) is 44.4 Å². The van der Waals surface area contributed by atoms with E-state index in [1.807, 2.05) is 0 Å². The number of aliphatic imine (C=N–C) groups is 1. The fourth-order valence-corrected chi connectivity index (χ4v) is 4.43. The molecule has 2 aliphatic heterocycles. The molecule has 0 spiro atoms. The first-order valence-electron chi connectivity index (χ1n) is 11.6. The maximum atomic E-state index is 12.0. The Morgan fingerprint density at radius 2 is 1.86 bits per heavy atom. The first kappa shape index (κ1) is 22.3. The van der Waals surface area contributed by atoms with Crippen LogP contribution >= 0.6 is 0 Å². The number of piperidine rings is 1. The zero-order valence-electron chi connectivity index (χ0n) is 18.4. The summed E-state index contributed by atoms with van der Waals surface area (Å²) in [5, 5.41) is 3.59. The molecule has 3 aliphatic rings.